The van der Waals surface area contributed by atoms with Crippen LogP contribution in [0.15, 0.2) is 0 Å². The van der Waals surface area contributed by atoms with Crippen LogP contribution >= 0.6 is 0 Å². The van der Waals surface area contributed by atoms with E-state index in [1.807, 2.05) is 0 Å². The van der Waals surface area contributed by atoms with E-state index in [4.69, 9.17) is 4.74 Å². The predicted molar refractivity (Wildman–Crippen MR) is 58.0 cm³/mol. The van der Waals surface area contributed by atoms with Crippen molar-refractivity contribution in [3.05, 3.63) is 0 Å². The van der Waals surface area contributed by atoms with Gasteiger partial charge in [0, 0.05) is 0 Å². The van der Waals surface area contributed by atoms with E-state index in [0.29, 0.717) is 5.41 Å². The molecule has 0 unspecified atom stereocenters. The van der Waals surface area contributed by atoms with Gasteiger partial charge in [-0.2, -0.15) is 0 Å². The number of hydrogen-bond acceptors (Lipinski definition) is 1. The van der Waals surface area contributed by atoms with Gasteiger partial charge in [0.25, 0.3) is 0 Å². The summed E-state index contributed by atoms with van der Waals surface area (Å²) in [7, 11) is 0. The van der Waals surface area contributed by atoms with Crippen LogP contribution in [0, 0.1) is 5.41 Å². The molecule has 0 aliphatic carbocycles. The van der Waals surface area contributed by atoms with Crippen LogP contribution < -0.4 is 0 Å². The van der Waals surface area contributed by atoms with E-state index in [9.17, 15) is 0 Å². The molecule has 0 aromatic heterocycles. The monoisotopic (exact) mass is 369 g/mol. The second-order valence-corrected chi connectivity index (χ2v) is 9.15. The van der Waals surface area contributed by atoms with Crippen LogP contribution in [0.25, 0.3) is 0 Å². The number of hydrogen-bond donors (Lipinski definition) is 0. The molecule has 0 bridgehead atoms. The SMILES string of the molecule is CC(C)(C)CCCCCO[C](C)(C)[W]. The Morgan fingerprint density at radius 2 is 1.50 bits per heavy atom. The third kappa shape index (κ3) is 12.6. The summed E-state index contributed by atoms with van der Waals surface area (Å²) in [6.07, 6.45) is 5.19. The minimum absolute atomic E-state index is 0.115. The Labute approximate surface area is 101 Å². The quantitative estimate of drug-likeness (QED) is 0.646. The Kier molecular flexibility index (Phi) is 6.57. The van der Waals surface area contributed by atoms with Crippen molar-refractivity contribution in [1.82, 2.24) is 0 Å². The first-order chi connectivity index (χ1) is 6.21. The van der Waals surface area contributed by atoms with E-state index in [0.717, 1.165) is 6.61 Å². The Balaban J connectivity index is 3.23. The van der Waals surface area contributed by atoms with Crippen molar-refractivity contribution in [2.45, 2.75) is 64.3 Å². The van der Waals surface area contributed by atoms with Gasteiger partial charge in [-0.3, -0.25) is 0 Å². The van der Waals surface area contributed by atoms with E-state index in [-0.39, 0.29) is 3.99 Å². The summed E-state index contributed by atoms with van der Waals surface area (Å²) in [6, 6.07) is 0. The Morgan fingerprint density at radius 3 is 1.93 bits per heavy atom. The van der Waals surface area contributed by atoms with Crippen LogP contribution in [0.5, 0.6) is 0 Å². The molecule has 0 atom stereocenters. The van der Waals surface area contributed by atoms with Gasteiger partial charge in [0.05, 0.1) is 0 Å². The fraction of sp³-hybridized carbons (Fsp3) is 1.00. The van der Waals surface area contributed by atoms with E-state index in [1.165, 1.54) is 45.5 Å². The third-order valence-electron chi connectivity index (χ3n) is 2.02. The zero-order chi connectivity index (χ0) is 11.2. The minimum atomic E-state index is 0.115. The van der Waals surface area contributed by atoms with Crippen LogP contribution in [0.2, 0.25) is 0 Å². The number of unbranched alkanes of at least 4 members (excludes halogenated alkanes) is 2. The molecule has 14 heavy (non-hydrogen) atoms. The normalized spacial score (nSPS) is 13.2. The summed E-state index contributed by atoms with van der Waals surface area (Å²) >= 11 is 1.52. The topological polar surface area (TPSA) is 9.23 Å². The molecular weight excluding hydrogens is 344 g/mol. The first-order valence-corrected chi connectivity index (χ1v) is 7.02. The molecule has 0 radical (unpaired) electrons. The Morgan fingerprint density at radius 1 is 0.929 bits per heavy atom. The van der Waals surface area contributed by atoms with Crippen LogP contribution in [0.4, 0.5) is 0 Å². The molecule has 0 aromatic rings. The number of rotatable bonds is 6. The van der Waals surface area contributed by atoms with Gasteiger partial charge in [-0.1, -0.05) is 0 Å². The van der Waals surface area contributed by atoms with Crippen molar-refractivity contribution in [2.75, 3.05) is 6.61 Å². The molecule has 0 aliphatic rings. The van der Waals surface area contributed by atoms with Gasteiger partial charge in [0.1, 0.15) is 0 Å². The van der Waals surface area contributed by atoms with Gasteiger partial charge in [-0.15, -0.1) is 0 Å². The zero-order valence-electron chi connectivity index (χ0n) is 10.4. The third-order valence-corrected chi connectivity index (χ3v) is 2.44. The van der Waals surface area contributed by atoms with Crippen molar-refractivity contribution < 1.29 is 24.6 Å². The molecular formula is C12H25OW. The zero-order valence-corrected chi connectivity index (χ0v) is 13.3. The molecule has 0 heterocycles. The average Bonchev–Trinajstić information content (AvgIpc) is 1.92. The summed E-state index contributed by atoms with van der Waals surface area (Å²) in [4.78, 5) is 0. The van der Waals surface area contributed by atoms with Gasteiger partial charge in [0.2, 0.25) is 0 Å². The van der Waals surface area contributed by atoms with Crippen LogP contribution in [0.1, 0.15) is 60.3 Å². The molecule has 0 amide bonds. The standard InChI is InChI=1S/C12H25O.W/c1-11(2)13-10-8-6-7-9-12(3,4)5;/h6-10H2,1-5H3;. The van der Waals surface area contributed by atoms with Crippen molar-refractivity contribution in [3.63, 3.8) is 0 Å². The summed E-state index contributed by atoms with van der Waals surface area (Å²) in [6.45, 7) is 12.2. The van der Waals surface area contributed by atoms with Gasteiger partial charge in [-0.05, 0) is 0 Å². The van der Waals surface area contributed by atoms with Gasteiger partial charge in [-0.25, -0.2) is 0 Å². The molecule has 0 aromatic carbocycles. The van der Waals surface area contributed by atoms with Crippen molar-refractivity contribution in [3.8, 4) is 0 Å². The average molecular weight is 369 g/mol. The van der Waals surface area contributed by atoms with E-state index < -0.39 is 0 Å². The van der Waals surface area contributed by atoms with Crippen LogP contribution in [-0.4, -0.2) is 10.6 Å². The second-order valence-electron chi connectivity index (χ2n) is 5.62. The van der Waals surface area contributed by atoms with Crippen molar-refractivity contribution in [2.24, 2.45) is 5.41 Å². The van der Waals surface area contributed by atoms with Gasteiger partial charge >= 0.3 is 101 Å². The predicted octanol–water partition coefficient (Wildman–Crippen LogP) is 3.89. The summed E-state index contributed by atoms with van der Waals surface area (Å²) in [5.74, 6) is 0. The Hall–Kier alpha value is 0.648. The van der Waals surface area contributed by atoms with Crippen molar-refractivity contribution >= 4 is 0 Å². The molecule has 0 fully saturated rings. The fourth-order valence-corrected chi connectivity index (χ4v) is 1.55. The van der Waals surface area contributed by atoms with Gasteiger partial charge in [0.15, 0.2) is 0 Å². The van der Waals surface area contributed by atoms with Crippen molar-refractivity contribution in [1.29, 1.82) is 0 Å². The molecule has 85 valence electrons. The Bertz CT molecular complexity index is 123. The first-order valence-electron chi connectivity index (χ1n) is 5.55. The van der Waals surface area contributed by atoms with E-state index in [2.05, 4.69) is 34.6 Å². The molecule has 0 rings (SSSR count). The van der Waals surface area contributed by atoms with E-state index >= 15 is 0 Å². The molecule has 1 nitrogen and oxygen atoms in total. The van der Waals surface area contributed by atoms with Crippen LogP contribution in [0.3, 0.4) is 0 Å². The summed E-state index contributed by atoms with van der Waals surface area (Å²) in [5, 5.41) is 0. The van der Waals surface area contributed by atoms with Gasteiger partial charge < -0.3 is 0 Å². The summed E-state index contributed by atoms with van der Waals surface area (Å²) < 4.78 is 5.81. The molecule has 0 saturated carbocycles. The maximum absolute atomic E-state index is 5.70. The molecule has 0 saturated heterocycles. The molecule has 0 aliphatic heterocycles. The number of ether oxygens (including phenoxy) is 1. The fourth-order valence-electron chi connectivity index (χ4n) is 1.25. The molecule has 0 spiro atoms. The molecule has 0 N–H and O–H groups in total. The second kappa shape index (κ2) is 6.28. The maximum atomic E-state index is 5.70. The van der Waals surface area contributed by atoms with Crippen LogP contribution in [-0.2, 0) is 24.6 Å². The summed E-state index contributed by atoms with van der Waals surface area (Å²) in [5.41, 5.74) is 0.495. The first kappa shape index (κ1) is 14.6. The van der Waals surface area contributed by atoms with E-state index in [1.54, 1.807) is 0 Å². The molecule has 2 heteroatoms.